The monoisotopic (exact) mass is 418 g/mol. The quantitative estimate of drug-likeness (QED) is 0.0545. The van der Waals surface area contributed by atoms with E-state index in [1.807, 2.05) is 12.2 Å². The Morgan fingerprint density at radius 1 is 0.567 bits per heavy atom. The van der Waals surface area contributed by atoms with E-state index < -0.39 is 0 Å². The van der Waals surface area contributed by atoms with Crippen molar-refractivity contribution in [1.82, 2.24) is 0 Å². The highest BCUT2D eigenvalue weighted by molar-refractivity contribution is 6.17. The molecule has 0 N–H and O–H groups in total. The van der Waals surface area contributed by atoms with Gasteiger partial charge in [-0.25, -0.2) is 0 Å². The Morgan fingerprint density at radius 3 is 1.40 bits per heavy atom. The smallest absolute Gasteiger partial charge is 0.188 e. The van der Waals surface area contributed by atoms with E-state index in [1.165, 1.54) is 103 Å². The van der Waals surface area contributed by atoms with Crippen LogP contribution in [-0.4, -0.2) is 12.1 Å². The minimum atomic E-state index is -0.131. The maximum atomic E-state index is 12.1. The first-order chi connectivity index (χ1) is 14.8. The van der Waals surface area contributed by atoms with Crippen LogP contribution in [0.1, 0.15) is 142 Å². The molecule has 0 atom stereocenters. The largest absolute Gasteiger partial charge is 0.298 e. The summed E-state index contributed by atoms with van der Waals surface area (Å²) in [5.74, 6) is -0.131. The third-order valence-electron chi connectivity index (χ3n) is 5.83. The lowest BCUT2D eigenvalue weighted by Gasteiger charge is -2.02. The Balaban J connectivity index is 3.62. The average molecular weight is 419 g/mol. The summed E-state index contributed by atoms with van der Waals surface area (Å²) in [7, 11) is 0. The van der Waals surface area contributed by atoms with Crippen molar-refractivity contribution in [1.29, 1.82) is 0 Å². The molecule has 0 amide bonds. The molecule has 0 aliphatic rings. The number of ketones is 1. The first-order valence-corrected chi connectivity index (χ1v) is 13.1. The summed E-state index contributed by atoms with van der Waals surface area (Å²) in [6.07, 6.45) is 31.4. The molecule has 0 aromatic rings. The van der Waals surface area contributed by atoms with Crippen molar-refractivity contribution in [3.63, 3.8) is 0 Å². The number of carbonyl (C=O) groups is 2. The number of carbonyl (C=O) groups excluding carboxylic acids is 2. The van der Waals surface area contributed by atoms with Gasteiger partial charge in [0.15, 0.2) is 12.1 Å². The number of rotatable bonds is 23. The molecule has 0 aromatic heterocycles. The molecule has 0 aromatic carbocycles. The van der Waals surface area contributed by atoms with E-state index in [9.17, 15) is 9.59 Å². The van der Waals surface area contributed by atoms with Gasteiger partial charge in [0.2, 0.25) is 0 Å². The molecular weight excluding hydrogens is 368 g/mol. The minimum Gasteiger partial charge on any atom is -0.298 e. The standard InChI is InChI=1S/C28H50O2/c1-3-5-7-9-11-12-13-14-15-16-17-19-20-22-24-27(26-29)28(30)25-23-21-18-10-8-6-4-2/h23-26H,3-22H2,1-2H3. The number of aldehydes is 1. The van der Waals surface area contributed by atoms with Crippen LogP contribution < -0.4 is 0 Å². The molecule has 0 radical (unpaired) electrons. The lowest BCUT2D eigenvalue weighted by molar-refractivity contribution is -0.114. The van der Waals surface area contributed by atoms with Gasteiger partial charge in [0.25, 0.3) is 0 Å². The van der Waals surface area contributed by atoms with E-state index in [0.29, 0.717) is 5.57 Å². The number of allylic oxidation sites excluding steroid dienone is 4. The van der Waals surface area contributed by atoms with Gasteiger partial charge in [-0.15, -0.1) is 0 Å². The summed E-state index contributed by atoms with van der Waals surface area (Å²) in [6, 6.07) is 0. The van der Waals surface area contributed by atoms with Crippen molar-refractivity contribution in [2.24, 2.45) is 0 Å². The SMILES string of the molecule is CCCCCCCC=CC(=O)C(C=O)=CCCCCCCCCCCCCCCC. The van der Waals surface area contributed by atoms with Crippen molar-refractivity contribution in [3.05, 3.63) is 23.8 Å². The van der Waals surface area contributed by atoms with Gasteiger partial charge in [-0.3, -0.25) is 9.59 Å². The summed E-state index contributed by atoms with van der Waals surface area (Å²) in [5, 5.41) is 0. The van der Waals surface area contributed by atoms with Crippen molar-refractivity contribution in [3.8, 4) is 0 Å². The first kappa shape index (κ1) is 28.8. The van der Waals surface area contributed by atoms with Crippen LogP contribution in [0.15, 0.2) is 23.8 Å². The molecule has 2 heteroatoms. The van der Waals surface area contributed by atoms with E-state index in [-0.39, 0.29) is 5.78 Å². The van der Waals surface area contributed by atoms with Gasteiger partial charge >= 0.3 is 0 Å². The predicted molar refractivity (Wildman–Crippen MR) is 132 cm³/mol. The molecule has 0 saturated heterocycles. The first-order valence-electron chi connectivity index (χ1n) is 13.1. The van der Waals surface area contributed by atoms with Crippen LogP contribution in [0.5, 0.6) is 0 Å². The van der Waals surface area contributed by atoms with Gasteiger partial charge in [-0.05, 0) is 31.8 Å². The Hall–Kier alpha value is -1.18. The zero-order valence-electron chi connectivity index (χ0n) is 20.3. The lowest BCUT2D eigenvalue weighted by atomic mass is 10.0. The predicted octanol–water partition coefficient (Wildman–Crippen LogP) is 9.08. The third kappa shape index (κ3) is 20.1. The number of unbranched alkanes of at least 4 members (excludes halogenated alkanes) is 18. The maximum absolute atomic E-state index is 12.1. The summed E-state index contributed by atoms with van der Waals surface area (Å²) < 4.78 is 0. The van der Waals surface area contributed by atoms with Crippen LogP contribution in [-0.2, 0) is 9.59 Å². The molecule has 0 fully saturated rings. The zero-order chi connectivity index (χ0) is 22.1. The van der Waals surface area contributed by atoms with Gasteiger partial charge in [-0.2, -0.15) is 0 Å². The highest BCUT2D eigenvalue weighted by Gasteiger charge is 2.03. The van der Waals surface area contributed by atoms with Crippen LogP contribution in [0, 0.1) is 0 Å². The molecule has 0 aliphatic carbocycles. The average Bonchev–Trinajstić information content (AvgIpc) is 2.75. The molecule has 2 nitrogen and oxygen atoms in total. The Morgan fingerprint density at radius 2 is 0.967 bits per heavy atom. The van der Waals surface area contributed by atoms with Gasteiger partial charge < -0.3 is 0 Å². The fraction of sp³-hybridized carbons (Fsp3) is 0.786. The van der Waals surface area contributed by atoms with E-state index in [4.69, 9.17) is 0 Å². The highest BCUT2D eigenvalue weighted by atomic mass is 16.1. The van der Waals surface area contributed by atoms with E-state index in [1.54, 1.807) is 6.08 Å². The fourth-order valence-electron chi connectivity index (χ4n) is 3.78. The number of hydrogen-bond donors (Lipinski definition) is 0. The van der Waals surface area contributed by atoms with Crippen molar-refractivity contribution >= 4 is 12.1 Å². The Kier molecular flexibility index (Phi) is 23.1. The van der Waals surface area contributed by atoms with Gasteiger partial charge in [-0.1, -0.05) is 129 Å². The van der Waals surface area contributed by atoms with Crippen molar-refractivity contribution in [2.45, 2.75) is 142 Å². The second kappa shape index (κ2) is 24.1. The van der Waals surface area contributed by atoms with Crippen molar-refractivity contribution in [2.75, 3.05) is 0 Å². The zero-order valence-corrected chi connectivity index (χ0v) is 20.3. The topological polar surface area (TPSA) is 34.1 Å². The van der Waals surface area contributed by atoms with Crippen LogP contribution in [0.25, 0.3) is 0 Å². The van der Waals surface area contributed by atoms with Gasteiger partial charge in [0.05, 0.1) is 5.57 Å². The highest BCUT2D eigenvalue weighted by Crippen LogP contribution is 2.13. The van der Waals surface area contributed by atoms with Gasteiger partial charge in [0.1, 0.15) is 0 Å². The van der Waals surface area contributed by atoms with Gasteiger partial charge in [0, 0.05) is 0 Å². The molecule has 0 unspecified atom stereocenters. The van der Waals surface area contributed by atoms with E-state index in [0.717, 1.165) is 32.0 Å². The lowest BCUT2D eigenvalue weighted by Crippen LogP contribution is -2.00. The number of hydrogen-bond acceptors (Lipinski definition) is 2. The molecular formula is C28H50O2. The Bertz CT molecular complexity index is 448. The molecule has 0 spiro atoms. The van der Waals surface area contributed by atoms with E-state index in [2.05, 4.69) is 13.8 Å². The summed E-state index contributed by atoms with van der Waals surface area (Å²) in [4.78, 5) is 23.3. The molecule has 30 heavy (non-hydrogen) atoms. The normalized spacial score (nSPS) is 12.0. The minimum absolute atomic E-state index is 0.131. The van der Waals surface area contributed by atoms with Crippen molar-refractivity contribution < 1.29 is 9.59 Å². The third-order valence-corrected chi connectivity index (χ3v) is 5.83. The molecule has 0 heterocycles. The van der Waals surface area contributed by atoms with Crippen LogP contribution in [0.2, 0.25) is 0 Å². The molecule has 0 bridgehead atoms. The molecule has 0 aliphatic heterocycles. The molecule has 0 saturated carbocycles. The second-order valence-electron chi connectivity index (χ2n) is 8.78. The molecule has 174 valence electrons. The second-order valence-corrected chi connectivity index (χ2v) is 8.78. The van der Waals surface area contributed by atoms with E-state index >= 15 is 0 Å². The van der Waals surface area contributed by atoms with Crippen LogP contribution in [0.3, 0.4) is 0 Å². The van der Waals surface area contributed by atoms with Crippen LogP contribution in [0.4, 0.5) is 0 Å². The molecule has 0 rings (SSSR count). The fourth-order valence-corrected chi connectivity index (χ4v) is 3.78. The summed E-state index contributed by atoms with van der Waals surface area (Å²) >= 11 is 0. The Labute approximate surface area is 188 Å². The summed E-state index contributed by atoms with van der Waals surface area (Å²) in [6.45, 7) is 4.48. The van der Waals surface area contributed by atoms with Crippen LogP contribution >= 0.6 is 0 Å². The maximum Gasteiger partial charge on any atom is 0.188 e. The summed E-state index contributed by atoms with van der Waals surface area (Å²) in [5.41, 5.74) is 0.330.